The number of imide groups is 2. The highest BCUT2D eigenvalue weighted by molar-refractivity contribution is 14.1. The zero-order valence-corrected chi connectivity index (χ0v) is 49.7. The van der Waals surface area contributed by atoms with E-state index in [0.717, 1.165) is 18.8 Å². The summed E-state index contributed by atoms with van der Waals surface area (Å²) in [5, 5.41) is 5.08. The molecule has 2 saturated carbocycles. The van der Waals surface area contributed by atoms with Crippen LogP contribution < -0.4 is 16.1 Å². The van der Waals surface area contributed by atoms with Crippen LogP contribution in [-0.4, -0.2) is 123 Å². The van der Waals surface area contributed by atoms with Crippen LogP contribution in [-0.2, 0) is 28.4 Å². The van der Waals surface area contributed by atoms with E-state index in [-0.39, 0.29) is 37.2 Å². The second kappa shape index (κ2) is 23.6. The number of esters is 2. The molecule has 22 heteroatoms. The van der Waals surface area contributed by atoms with Gasteiger partial charge < -0.3 is 29.4 Å². The fraction of sp³-hybridized carbons (Fsp3) is 0.467. The SMILES string of the molecule is CC(C)(C)OC(=O)c1ccccc1-c1ccc(C(=O)CN2C(=O)NC3(CCC(F)(F)CC3)C2=O)cc1.CC(C)(C)OC(=O)c1ccccc1I.CC1(C)OB(c2ccc(C(=O)CN3C(=O)NC4(CCC(F)(F)CC4)C3=O)cc2)OC1(C)C. The van der Waals surface area contributed by atoms with E-state index in [1.165, 1.54) is 0 Å². The van der Waals surface area contributed by atoms with E-state index in [2.05, 4.69) is 33.2 Å². The summed E-state index contributed by atoms with van der Waals surface area (Å²) in [4.78, 5) is 102. The summed E-state index contributed by atoms with van der Waals surface area (Å²) in [6.07, 6.45) is -2.54. The Labute approximate surface area is 488 Å². The highest BCUT2D eigenvalue weighted by Gasteiger charge is 2.57. The molecule has 2 aliphatic carbocycles. The molecule has 0 radical (unpaired) electrons. The van der Waals surface area contributed by atoms with Gasteiger partial charge in [0.15, 0.2) is 11.6 Å². The minimum absolute atomic E-state index is 0.141. The first kappa shape index (κ1) is 63.1. The number of urea groups is 2. The summed E-state index contributed by atoms with van der Waals surface area (Å²) in [6, 6.07) is 26.0. The standard InChI is InChI=1S/C27H28F2N2O5.C22H27BF2N2O5.C11H13IO2/c1-25(2,3)36-22(33)20-7-5-4-6-19(20)17-8-10-18(11-9-17)21(32)16-31-23(34)26(30-24(31)35)12-14-27(28,29)15-13-26;1-19(2)20(3,4)32-23(31-19)15-7-5-14(6-8-15)16(28)13-27-17(29)21(26-18(27)30)9-11-22(24,25)12-10-21;1-11(2,3)14-10(13)8-6-4-5-7-9(8)12/h4-11H,12-16H2,1-3H3,(H,30,35);5-8H,9-13H2,1-4H3,(H,26,30);4-7H,1-3H3. The summed E-state index contributed by atoms with van der Waals surface area (Å²) in [5.74, 6) is -8.56. The number of halogens is 5. The van der Waals surface area contributed by atoms with Gasteiger partial charge in [0, 0.05) is 40.4 Å². The molecule has 5 aliphatic rings. The molecule has 5 fully saturated rings. The molecule has 0 aromatic heterocycles. The van der Waals surface area contributed by atoms with Crippen LogP contribution in [0.4, 0.5) is 27.2 Å². The predicted octanol–water partition coefficient (Wildman–Crippen LogP) is 10.9. The topological polar surface area (TPSA) is 204 Å². The van der Waals surface area contributed by atoms with E-state index in [9.17, 15) is 55.9 Å². The van der Waals surface area contributed by atoms with Crippen LogP contribution in [0.3, 0.4) is 0 Å². The Morgan fingerprint density at radius 2 is 0.915 bits per heavy atom. The third-order valence-corrected chi connectivity index (χ3v) is 16.0. The second-order valence-electron chi connectivity index (χ2n) is 24.2. The van der Waals surface area contributed by atoms with Crippen molar-refractivity contribution in [1.82, 2.24) is 20.4 Å². The van der Waals surface area contributed by atoms with Gasteiger partial charge in [-0.25, -0.2) is 36.7 Å². The first-order chi connectivity index (χ1) is 38.0. The number of carbonyl (C=O) groups is 8. The molecule has 4 aromatic rings. The van der Waals surface area contributed by atoms with Crippen LogP contribution >= 0.6 is 22.6 Å². The molecule has 3 saturated heterocycles. The lowest BCUT2D eigenvalue weighted by Gasteiger charge is -2.34. The maximum atomic E-state index is 13.6. The maximum absolute atomic E-state index is 13.6. The van der Waals surface area contributed by atoms with Crippen LogP contribution in [0.15, 0.2) is 97.1 Å². The summed E-state index contributed by atoms with van der Waals surface area (Å²) in [6.45, 7) is 17.8. The molecule has 16 nitrogen and oxygen atoms in total. The molecule has 6 amide bonds. The Morgan fingerprint density at radius 1 is 0.549 bits per heavy atom. The number of amides is 6. The molecule has 2 spiro atoms. The number of Topliss-reactive ketones (excluding diaryl/α,β-unsaturated/α-hetero) is 2. The summed E-state index contributed by atoms with van der Waals surface area (Å²) in [7, 11) is -0.570. The number of carbonyl (C=O) groups excluding carboxylic acids is 8. The van der Waals surface area contributed by atoms with Crippen molar-refractivity contribution < 1.29 is 74.7 Å². The highest BCUT2D eigenvalue weighted by Crippen LogP contribution is 2.43. The zero-order valence-electron chi connectivity index (χ0n) is 47.6. The van der Waals surface area contributed by atoms with Crippen LogP contribution in [0.5, 0.6) is 0 Å². The normalized spacial score (nSPS) is 20.0. The van der Waals surface area contributed by atoms with Crippen molar-refractivity contribution in [3.05, 3.63) is 123 Å². The van der Waals surface area contributed by atoms with Gasteiger partial charge in [-0.1, -0.05) is 78.9 Å². The van der Waals surface area contributed by atoms with Gasteiger partial charge >= 0.3 is 31.1 Å². The minimum Gasteiger partial charge on any atom is -0.456 e. The lowest BCUT2D eigenvalue weighted by molar-refractivity contribution is -0.136. The third-order valence-electron chi connectivity index (χ3n) is 15.1. The Kier molecular flexibility index (Phi) is 18.2. The van der Waals surface area contributed by atoms with Gasteiger partial charge in [-0.2, -0.15) is 0 Å². The van der Waals surface area contributed by atoms with Gasteiger partial charge in [-0.05, 0) is 152 Å². The van der Waals surface area contributed by atoms with E-state index < -0.39 is 133 Å². The molecular weight excluding hydrogens is 1180 g/mol. The zero-order chi connectivity index (χ0) is 60.6. The van der Waals surface area contributed by atoms with Crippen molar-refractivity contribution >= 4 is 82.6 Å². The van der Waals surface area contributed by atoms with Crippen molar-refractivity contribution in [2.24, 2.45) is 0 Å². The van der Waals surface area contributed by atoms with Gasteiger partial charge in [0.05, 0.1) is 35.4 Å². The number of ketones is 2. The largest absolute Gasteiger partial charge is 0.494 e. The number of alkyl halides is 4. The first-order valence-electron chi connectivity index (χ1n) is 26.9. The monoisotopic (exact) mass is 1250 g/mol. The van der Waals surface area contributed by atoms with Gasteiger partial charge in [-0.3, -0.25) is 29.0 Å². The number of ether oxygens (including phenoxy) is 2. The highest BCUT2D eigenvalue weighted by atomic mass is 127. The number of hydrogen-bond acceptors (Lipinski definition) is 12. The predicted molar refractivity (Wildman–Crippen MR) is 305 cm³/mol. The fourth-order valence-electron chi connectivity index (χ4n) is 9.72. The average molecular weight is 1250 g/mol. The lowest BCUT2D eigenvalue weighted by atomic mass is 9.78. The first-order valence-corrected chi connectivity index (χ1v) is 28.0. The second-order valence-corrected chi connectivity index (χ2v) is 25.3. The molecule has 2 N–H and O–H groups in total. The smallest absolute Gasteiger partial charge is 0.456 e. The van der Waals surface area contributed by atoms with Crippen LogP contribution in [0.2, 0.25) is 0 Å². The van der Waals surface area contributed by atoms with Crippen LogP contribution in [0.1, 0.15) is 162 Å². The quantitative estimate of drug-likeness (QED) is 0.0380. The number of nitrogens with zero attached hydrogens (tertiary/aromatic N) is 2. The Hall–Kier alpha value is -6.53. The van der Waals surface area contributed by atoms with Gasteiger partial charge in [-0.15, -0.1) is 0 Å². The Balaban J connectivity index is 0.000000193. The molecule has 0 bridgehead atoms. The molecule has 4 aromatic carbocycles. The molecule has 0 unspecified atom stereocenters. The number of benzene rings is 4. The van der Waals surface area contributed by atoms with E-state index in [1.807, 2.05) is 66.7 Å². The van der Waals surface area contributed by atoms with Gasteiger partial charge in [0.25, 0.3) is 11.8 Å². The summed E-state index contributed by atoms with van der Waals surface area (Å²) >= 11 is 2.13. The number of rotatable bonds is 10. The minimum atomic E-state index is -2.86. The molecule has 3 aliphatic heterocycles. The lowest BCUT2D eigenvalue weighted by Crippen LogP contribution is -2.51. The molecule has 0 atom stereocenters. The molecule has 438 valence electrons. The summed E-state index contributed by atoms with van der Waals surface area (Å²) < 4.78 is 77.8. The third kappa shape index (κ3) is 14.6. The molecule has 9 rings (SSSR count). The Morgan fingerprint density at radius 3 is 1.32 bits per heavy atom. The number of hydrogen-bond donors (Lipinski definition) is 2. The van der Waals surface area contributed by atoms with Gasteiger partial charge in [0.1, 0.15) is 22.3 Å². The summed E-state index contributed by atoms with van der Waals surface area (Å²) in [5.41, 5.74) is -1.10. The van der Waals surface area contributed by atoms with E-state index in [0.29, 0.717) is 27.8 Å². The molecule has 82 heavy (non-hydrogen) atoms. The average Bonchev–Trinajstić information content (AvgIpc) is 3.93. The van der Waals surface area contributed by atoms with Crippen molar-refractivity contribution in [3.8, 4) is 11.1 Å². The van der Waals surface area contributed by atoms with Crippen molar-refractivity contribution in [3.63, 3.8) is 0 Å². The fourth-order valence-corrected chi connectivity index (χ4v) is 10.3. The maximum Gasteiger partial charge on any atom is 0.494 e. The van der Waals surface area contributed by atoms with E-state index in [1.54, 1.807) is 99.6 Å². The molecule has 3 heterocycles. The van der Waals surface area contributed by atoms with E-state index in [4.69, 9.17) is 18.8 Å². The van der Waals surface area contributed by atoms with Crippen LogP contribution in [0.25, 0.3) is 11.1 Å². The number of nitrogens with one attached hydrogen (secondary N) is 2. The van der Waals surface area contributed by atoms with Crippen molar-refractivity contribution in [2.45, 2.75) is 166 Å². The van der Waals surface area contributed by atoms with Crippen molar-refractivity contribution in [1.29, 1.82) is 0 Å². The Bertz CT molecular complexity index is 3110. The van der Waals surface area contributed by atoms with E-state index >= 15 is 0 Å². The van der Waals surface area contributed by atoms with Gasteiger partial charge in [0.2, 0.25) is 11.8 Å². The molecular formula is C60H68BF4IN4O12. The van der Waals surface area contributed by atoms with Crippen LogP contribution in [0, 0.1) is 3.57 Å². The van der Waals surface area contributed by atoms with Crippen molar-refractivity contribution in [2.75, 3.05) is 13.1 Å².